The van der Waals surface area contributed by atoms with Gasteiger partial charge in [0.1, 0.15) is 11.4 Å². The van der Waals surface area contributed by atoms with E-state index in [2.05, 4.69) is 25.5 Å². The Hall–Kier alpha value is -2.88. The van der Waals surface area contributed by atoms with Crippen molar-refractivity contribution < 1.29 is 18.3 Å². The first-order valence-corrected chi connectivity index (χ1v) is 10.0. The van der Waals surface area contributed by atoms with Crippen LogP contribution in [0.15, 0.2) is 30.5 Å². The molecule has 2 fully saturated rings. The summed E-state index contributed by atoms with van der Waals surface area (Å²) >= 11 is 0. The van der Waals surface area contributed by atoms with Crippen LogP contribution in [0.5, 0.6) is 5.75 Å². The number of nitrogens with one attached hydrogen (secondary N) is 1. The fourth-order valence-corrected chi connectivity index (χ4v) is 4.66. The highest BCUT2D eigenvalue weighted by molar-refractivity contribution is 5.80. The molecule has 2 aromatic heterocycles. The molecular formula is C20H21F3N6O. The van der Waals surface area contributed by atoms with E-state index in [1.807, 2.05) is 0 Å². The monoisotopic (exact) mass is 418 g/mol. The Morgan fingerprint density at radius 2 is 1.87 bits per heavy atom. The highest BCUT2D eigenvalue weighted by atomic mass is 19.4. The SMILES string of the molecule is Oc1cc(C(F)(F)F)ccc1-c1nnc(N[C@@H]2CCCN3CCC[C@@H]23)n2nccc12. The van der Waals surface area contributed by atoms with Crippen molar-refractivity contribution in [3.63, 3.8) is 0 Å². The first-order chi connectivity index (χ1) is 14.4. The van der Waals surface area contributed by atoms with Gasteiger partial charge in [-0.2, -0.15) is 22.8 Å². The van der Waals surface area contributed by atoms with Crippen molar-refractivity contribution in [3.05, 3.63) is 36.0 Å². The van der Waals surface area contributed by atoms with Crippen molar-refractivity contribution >= 4 is 11.5 Å². The van der Waals surface area contributed by atoms with E-state index in [0.717, 1.165) is 38.4 Å². The van der Waals surface area contributed by atoms with Crippen molar-refractivity contribution in [2.75, 3.05) is 18.4 Å². The Kier molecular flexibility index (Phi) is 4.53. The van der Waals surface area contributed by atoms with E-state index in [4.69, 9.17) is 0 Å². The van der Waals surface area contributed by atoms with Crippen molar-refractivity contribution in [1.29, 1.82) is 0 Å². The topological polar surface area (TPSA) is 78.6 Å². The number of alkyl halides is 3. The number of phenols is 1. The summed E-state index contributed by atoms with van der Waals surface area (Å²) in [6.45, 7) is 2.25. The number of hydrogen-bond donors (Lipinski definition) is 2. The van der Waals surface area contributed by atoms with Gasteiger partial charge >= 0.3 is 6.18 Å². The molecule has 0 unspecified atom stereocenters. The van der Waals surface area contributed by atoms with Gasteiger partial charge in [0.05, 0.1) is 17.3 Å². The number of piperidine rings is 1. The molecule has 2 saturated heterocycles. The Morgan fingerprint density at radius 3 is 2.63 bits per heavy atom. The van der Waals surface area contributed by atoms with E-state index < -0.39 is 17.5 Å². The molecular weight excluding hydrogens is 397 g/mol. The van der Waals surface area contributed by atoms with E-state index in [-0.39, 0.29) is 17.3 Å². The number of nitrogens with zero attached hydrogens (tertiary/aromatic N) is 5. The highest BCUT2D eigenvalue weighted by Crippen LogP contribution is 2.37. The van der Waals surface area contributed by atoms with Crippen LogP contribution in [-0.4, -0.2) is 55.0 Å². The second kappa shape index (κ2) is 7.12. The summed E-state index contributed by atoms with van der Waals surface area (Å²) in [5.41, 5.74) is 0.0854. The molecule has 2 aliphatic rings. The molecule has 0 amide bonds. The van der Waals surface area contributed by atoms with Gasteiger partial charge in [0.25, 0.3) is 0 Å². The molecule has 2 aliphatic heterocycles. The van der Waals surface area contributed by atoms with E-state index in [1.165, 1.54) is 12.5 Å². The lowest BCUT2D eigenvalue weighted by Crippen LogP contribution is -2.48. The first-order valence-electron chi connectivity index (χ1n) is 10.0. The number of halogens is 3. The zero-order valence-electron chi connectivity index (χ0n) is 16.1. The predicted molar refractivity (Wildman–Crippen MR) is 104 cm³/mol. The molecule has 10 heteroatoms. The average molecular weight is 418 g/mol. The van der Waals surface area contributed by atoms with Gasteiger partial charge < -0.3 is 10.4 Å². The fourth-order valence-electron chi connectivity index (χ4n) is 4.66. The normalized spacial score (nSPS) is 22.4. The van der Waals surface area contributed by atoms with E-state index in [1.54, 1.807) is 16.8 Å². The van der Waals surface area contributed by atoms with Crippen LogP contribution in [0, 0.1) is 0 Å². The summed E-state index contributed by atoms with van der Waals surface area (Å²) in [5, 5.41) is 26.5. The summed E-state index contributed by atoms with van der Waals surface area (Å²) in [4.78, 5) is 2.50. The zero-order valence-corrected chi connectivity index (χ0v) is 16.1. The van der Waals surface area contributed by atoms with E-state index >= 15 is 0 Å². The Bertz CT molecular complexity index is 1080. The average Bonchev–Trinajstić information content (AvgIpc) is 3.38. The van der Waals surface area contributed by atoms with Gasteiger partial charge in [0, 0.05) is 17.6 Å². The maximum Gasteiger partial charge on any atom is 0.416 e. The highest BCUT2D eigenvalue weighted by Gasteiger charge is 2.35. The van der Waals surface area contributed by atoms with Gasteiger partial charge in [-0.1, -0.05) is 0 Å². The standard InChI is InChI=1S/C20H21F3N6O/c21-20(22,23)12-5-6-13(17(30)11-12)18-16-7-8-24-29(16)19(27-26-18)25-14-3-1-9-28-10-2-4-15(14)28/h5-8,11,14-15,30H,1-4,9-10H2,(H,25,27)/t14-,15+/m1/s1. The maximum absolute atomic E-state index is 12.9. The zero-order chi connectivity index (χ0) is 20.9. The number of rotatable bonds is 3. The van der Waals surface area contributed by atoms with Crippen LogP contribution in [0.1, 0.15) is 31.2 Å². The Balaban J connectivity index is 1.49. The van der Waals surface area contributed by atoms with Gasteiger partial charge in [-0.25, -0.2) is 0 Å². The van der Waals surface area contributed by atoms with Crippen LogP contribution in [0.4, 0.5) is 19.1 Å². The number of anilines is 1. The third-order valence-corrected chi connectivity index (χ3v) is 6.06. The minimum Gasteiger partial charge on any atom is -0.507 e. The Morgan fingerprint density at radius 1 is 1.07 bits per heavy atom. The fraction of sp³-hybridized carbons (Fsp3) is 0.450. The minimum absolute atomic E-state index is 0.173. The number of hydrogen-bond acceptors (Lipinski definition) is 6. The van der Waals surface area contributed by atoms with Gasteiger partial charge in [-0.05, 0) is 63.0 Å². The largest absolute Gasteiger partial charge is 0.507 e. The molecule has 0 spiro atoms. The van der Waals surface area contributed by atoms with Gasteiger partial charge in [-0.3, -0.25) is 4.90 Å². The number of fused-ring (bicyclic) bond motifs is 2. The molecule has 7 nitrogen and oxygen atoms in total. The van der Waals surface area contributed by atoms with Crippen molar-refractivity contribution in [1.82, 2.24) is 24.7 Å². The molecule has 0 aliphatic carbocycles. The molecule has 4 heterocycles. The molecule has 2 atom stereocenters. The minimum atomic E-state index is -4.53. The summed E-state index contributed by atoms with van der Waals surface area (Å²) < 4.78 is 40.3. The van der Waals surface area contributed by atoms with Crippen LogP contribution in [0.3, 0.4) is 0 Å². The summed E-state index contributed by atoms with van der Waals surface area (Å²) in [6.07, 6.45) is 1.53. The molecule has 0 saturated carbocycles. The second-order valence-corrected chi connectivity index (χ2v) is 7.87. The first kappa shape index (κ1) is 19.1. The molecule has 2 N–H and O–H groups in total. The molecule has 30 heavy (non-hydrogen) atoms. The second-order valence-electron chi connectivity index (χ2n) is 7.87. The van der Waals surface area contributed by atoms with Crippen LogP contribution in [0.2, 0.25) is 0 Å². The van der Waals surface area contributed by atoms with E-state index in [0.29, 0.717) is 23.6 Å². The van der Waals surface area contributed by atoms with Crippen molar-refractivity contribution in [2.24, 2.45) is 0 Å². The Labute approximate surface area is 170 Å². The van der Waals surface area contributed by atoms with Crippen molar-refractivity contribution in [2.45, 2.75) is 43.9 Å². The van der Waals surface area contributed by atoms with Crippen LogP contribution >= 0.6 is 0 Å². The van der Waals surface area contributed by atoms with Gasteiger partial charge in [0.2, 0.25) is 5.95 Å². The van der Waals surface area contributed by atoms with Crippen LogP contribution in [-0.2, 0) is 6.18 Å². The number of benzene rings is 1. The molecule has 5 rings (SSSR count). The number of aromatic hydroxyl groups is 1. The molecule has 158 valence electrons. The lowest BCUT2D eigenvalue weighted by atomic mass is 9.96. The molecule has 1 aromatic carbocycles. The predicted octanol–water partition coefficient (Wildman–Crippen LogP) is 3.55. The van der Waals surface area contributed by atoms with Gasteiger partial charge in [-0.15, -0.1) is 10.2 Å². The third kappa shape index (κ3) is 3.24. The molecule has 3 aromatic rings. The van der Waals surface area contributed by atoms with Crippen LogP contribution < -0.4 is 5.32 Å². The van der Waals surface area contributed by atoms with Gasteiger partial charge in [0.15, 0.2) is 0 Å². The third-order valence-electron chi connectivity index (χ3n) is 6.06. The quantitative estimate of drug-likeness (QED) is 0.677. The molecule has 0 bridgehead atoms. The van der Waals surface area contributed by atoms with Crippen LogP contribution in [0.25, 0.3) is 16.8 Å². The number of phenolic OH excluding ortho intramolecular Hbond substituents is 1. The summed E-state index contributed by atoms with van der Waals surface area (Å²) in [7, 11) is 0. The lowest BCUT2D eigenvalue weighted by molar-refractivity contribution is -0.137. The molecule has 0 radical (unpaired) electrons. The van der Waals surface area contributed by atoms with E-state index in [9.17, 15) is 18.3 Å². The van der Waals surface area contributed by atoms with Crippen molar-refractivity contribution in [3.8, 4) is 17.0 Å². The number of aromatic nitrogens is 4. The summed E-state index contributed by atoms with van der Waals surface area (Å²) in [5.74, 6) is -0.0132. The summed E-state index contributed by atoms with van der Waals surface area (Å²) in [6, 6.07) is 5.24. The maximum atomic E-state index is 12.9. The lowest BCUT2D eigenvalue weighted by Gasteiger charge is -2.37. The smallest absolute Gasteiger partial charge is 0.416 e.